The average molecular weight is 663 g/mol. The van der Waals surface area contributed by atoms with Crippen LogP contribution in [0.15, 0.2) is 60.5 Å². The number of nitrogens with zero attached hydrogens (tertiary/aromatic N) is 4. The Morgan fingerprint density at radius 3 is 2.13 bits per heavy atom. The van der Waals surface area contributed by atoms with Gasteiger partial charge in [-0.1, -0.05) is 6.07 Å². The van der Waals surface area contributed by atoms with E-state index in [1.165, 1.54) is 10.4 Å². The Bertz CT molecular complexity index is 1420. The van der Waals surface area contributed by atoms with E-state index in [1.54, 1.807) is 29.9 Å². The van der Waals surface area contributed by atoms with E-state index >= 15 is 0 Å². The molecule has 2 unspecified atom stereocenters. The lowest BCUT2D eigenvalue weighted by molar-refractivity contribution is -0.193. The first-order valence-corrected chi connectivity index (χ1v) is 14.0. The van der Waals surface area contributed by atoms with Crippen LogP contribution in [0.5, 0.6) is 0 Å². The van der Waals surface area contributed by atoms with Crippen molar-refractivity contribution in [1.82, 2.24) is 19.8 Å². The maximum atomic E-state index is 13.9. The first kappa shape index (κ1) is 35.4. The number of ether oxygens (including phenoxy) is 1. The van der Waals surface area contributed by atoms with Crippen LogP contribution in [0.25, 0.3) is 0 Å². The van der Waals surface area contributed by atoms with Gasteiger partial charge < -0.3 is 19.8 Å². The fourth-order valence-corrected chi connectivity index (χ4v) is 5.70. The summed E-state index contributed by atoms with van der Waals surface area (Å²) in [4.78, 5) is 45.8. The maximum Gasteiger partial charge on any atom is 0.490 e. The Morgan fingerprint density at radius 1 is 1.00 bits per heavy atom. The van der Waals surface area contributed by atoms with Crippen LogP contribution in [-0.2, 0) is 32.2 Å². The van der Waals surface area contributed by atoms with E-state index in [0.29, 0.717) is 26.2 Å². The smallest absolute Gasteiger partial charge is 0.475 e. The Morgan fingerprint density at radius 2 is 1.62 bits per heavy atom. The van der Waals surface area contributed by atoms with Crippen LogP contribution in [0.3, 0.4) is 0 Å². The third-order valence-corrected chi connectivity index (χ3v) is 7.87. The molecule has 1 amide bonds. The van der Waals surface area contributed by atoms with Gasteiger partial charge in [0.2, 0.25) is 0 Å². The molecule has 0 aromatic carbocycles. The molecule has 5 rings (SSSR count). The Hall–Kier alpha value is -4.09. The number of rotatable bonds is 5. The topological polar surface area (TPSA) is 133 Å². The molecule has 0 bridgehead atoms. The highest BCUT2D eigenvalue weighted by Gasteiger charge is 2.57. The van der Waals surface area contributed by atoms with E-state index in [-0.39, 0.29) is 11.8 Å². The molecule has 2 N–H and O–H groups in total. The molecule has 1 spiro atoms. The number of halogens is 6. The van der Waals surface area contributed by atoms with Gasteiger partial charge in [0.1, 0.15) is 0 Å². The van der Waals surface area contributed by atoms with Gasteiger partial charge in [-0.05, 0) is 53.3 Å². The number of thiophene rings is 1. The summed E-state index contributed by atoms with van der Waals surface area (Å²) in [6.07, 6.45) is -2.97. The fraction of sp³-hybridized carbons (Fsp3) is 0.393. The highest BCUT2D eigenvalue weighted by atomic mass is 32.1. The fourth-order valence-electron chi connectivity index (χ4n) is 4.75. The van der Waals surface area contributed by atoms with E-state index in [0.717, 1.165) is 24.2 Å². The van der Waals surface area contributed by atoms with E-state index in [9.17, 15) is 31.1 Å². The minimum absolute atomic E-state index is 0.0470. The number of likely N-dealkylation sites (tertiary alicyclic amines) is 1. The Kier molecular flexibility index (Phi) is 11.6. The maximum absolute atomic E-state index is 13.9. The van der Waals surface area contributed by atoms with E-state index in [4.69, 9.17) is 24.5 Å². The molecule has 244 valence electrons. The van der Waals surface area contributed by atoms with Crippen LogP contribution >= 0.6 is 11.3 Å². The predicted octanol–water partition coefficient (Wildman–Crippen LogP) is 4.51. The van der Waals surface area contributed by atoms with Crippen LogP contribution in [0.1, 0.15) is 27.5 Å². The van der Waals surface area contributed by atoms with Crippen LogP contribution in [0.4, 0.5) is 26.3 Å². The lowest BCUT2D eigenvalue weighted by atomic mass is 9.83. The summed E-state index contributed by atoms with van der Waals surface area (Å²) in [5.74, 6) is -5.48. The highest BCUT2D eigenvalue weighted by Crippen LogP contribution is 2.42. The molecule has 0 radical (unpaired) electrons. The normalized spacial score (nSPS) is 20.2. The third-order valence-electron chi connectivity index (χ3n) is 6.86. The third kappa shape index (κ3) is 9.45. The van der Waals surface area contributed by atoms with Crippen molar-refractivity contribution in [1.29, 1.82) is 0 Å². The molecule has 17 heteroatoms. The van der Waals surface area contributed by atoms with Crippen LogP contribution in [-0.4, -0.2) is 92.0 Å². The van der Waals surface area contributed by atoms with Crippen molar-refractivity contribution in [3.63, 3.8) is 0 Å². The van der Waals surface area contributed by atoms with Gasteiger partial charge in [0.15, 0.2) is 5.60 Å². The molecule has 45 heavy (non-hydrogen) atoms. The van der Waals surface area contributed by atoms with E-state index in [2.05, 4.69) is 39.3 Å². The van der Waals surface area contributed by atoms with Gasteiger partial charge in [-0.15, -0.1) is 11.3 Å². The molecule has 3 aromatic rings. The number of aliphatic carboxylic acids is 2. The van der Waals surface area contributed by atoms with Gasteiger partial charge in [-0.25, -0.2) is 9.59 Å². The zero-order chi connectivity index (χ0) is 33.4. The second-order valence-corrected chi connectivity index (χ2v) is 11.0. The lowest BCUT2D eigenvalue weighted by Crippen LogP contribution is -2.59. The standard InChI is InChI=1S/C24H26N4O2S.2C2HF3O2/c1-18-6-12-31-22(18)16-27-15-21(20-3-2-7-26-13-20)24(17-27)23(29)28(10-11-30-24)14-19-4-8-25-9-5-19;2*3-2(4,5)1(6)7/h2-9,12-13,21H,10-11,14-17H2,1H3;2*(H,6,7). The number of aryl methyl sites for hydroxylation is 1. The van der Waals surface area contributed by atoms with Crippen molar-refractivity contribution >= 4 is 29.2 Å². The molecule has 5 heterocycles. The molecule has 3 aromatic heterocycles. The number of pyridine rings is 2. The number of carboxylic acid groups (broad SMARTS) is 2. The van der Waals surface area contributed by atoms with Gasteiger partial charge >= 0.3 is 24.3 Å². The van der Waals surface area contributed by atoms with Crippen LogP contribution < -0.4 is 0 Å². The molecule has 2 aliphatic heterocycles. The molecular weight excluding hydrogens is 634 g/mol. The van der Waals surface area contributed by atoms with Crippen molar-refractivity contribution in [2.45, 2.75) is 43.9 Å². The molecule has 2 aliphatic rings. The number of hydrogen-bond donors (Lipinski definition) is 2. The summed E-state index contributed by atoms with van der Waals surface area (Å²) in [6, 6.07) is 10.1. The van der Waals surface area contributed by atoms with Crippen molar-refractivity contribution in [2.75, 3.05) is 26.2 Å². The number of carbonyl (C=O) groups is 3. The lowest BCUT2D eigenvalue weighted by Gasteiger charge is -2.42. The molecule has 2 atom stereocenters. The first-order chi connectivity index (χ1) is 21.0. The van der Waals surface area contributed by atoms with E-state index < -0.39 is 29.9 Å². The largest absolute Gasteiger partial charge is 0.490 e. The van der Waals surface area contributed by atoms with Gasteiger partial charge in [0, 0.05) is 68.3 Å². The number of carboxylic acids is 2. The number of hydrogen-bond acceptors (Lipinski definition) is 8. The highest BCUT2D eigenvalue weighted by molar-refractivity contribution is 7.10. The van der Waals surface area contributed by atoms with Gasteiger partial charge in [-0.2, -0.15) is 26.3 Å². The zero-order valence-corrected chi connectivity index (χ0v) is 24.4. The summed E-state index contributed by atoms with van der Waals surface area (Å²) >= 11 is 1.78. The quantitative estimate of drug-likeness (QED) is 0.379. The summed E-state index contributed by atoms with van der Waals surface area (Å²) in [5.41, 5.74) is 2.58. The molecular formula is C28H28F6N4O6S. The summed E-state index contributed by atoms with van der Waals surface area (Å²) < 4.78 is 69.9. The predicted molar refractivity (Wildman–Crippen MR) is 147 cm³/mol. The van der Waals surface area contributed by atoms with Crippen molar-refractivity contribution in [3.8, 4) is 0 Å². The van der Waals surface area contributed by atoms with E-state index in [1.807, 2.05) is 29.3 Å². The minimum atomic E-state index is -5.08. The van der Waals surface area contributed by atoms with Gasteiger partial charge in [0.25, 0.3) is 5.91 Å². The molecule has 2 fully saturated rings. The molecule has 0 aliphatic carbocycles. The number of carbonyl (C=O) groups excluding carboxylic acids is 1. The SMILES string of the molecule is Cc1ccsc1CN1CC(c2cccnc2)C2(C1)OCCN(Cc1ccncc1)C2=O.O=C(O)C(F)(F)F.O=C(O)C(F)(F)F. The molecule has 0 saturated carbocycles. The average Bonchev–Trinajstić information content (AvgIpc) is 3.55. The zero-order valence-electron chi connectivity index (χ0n) is 23.6. The second kappa shape index (κ2) is 14.8. The molecule has 2 saturated heterocycles. The van der Waals surface area contributed by atoms with Gasteiger partial charge in [-0.3, -0.25) is 19.7 Å². The molecule has 10 nitrogen and oxygen atoms in total. The van der Waals surface area contributed by atoms with Crippen molar-refractivity contribution < 1.29 is 55.7 Å². The first-order valence-electron chi connectivity index (χ1n) is 13.1. The number of amides is 1. The van der Waals surface area contributed by atoms with Crippen molar-refractivity contribution in [2.24, 2.45) is 0 Å². The van der Waals surface area contributed by atoms with Crippen molar-refractivity contribution in [3.05, 3.63) is 82.1 Å². The second-order valence-electron chi connectivity index (χ2n) is 9.96. The Balaban J connectivity index is 0.000000331. The summed E-state index contributed by atoms with van der Waals surface area (Å²) in [5, 5.41) is 16.4. The summed E-state index contributed by atoms with van der Waals surface area (Å²) in [7, 11) is 0. The Labute approximate surface area is 256 Å². The summed E-state index contributed by atoms with van der Waals surface area (Å²) in [6.45, 7) is 6.08. The number of morpholine rings is 1. The van der Waals surface area contributed by atoms with Crippen LogP contribution in [0, 0.1) is 6.92 Å². The number of alkyl halides is 6. The van der Waals surface area contributed by atoms with Gasteiger partial charge in [0.05, 0.1) is 6.61 Å². The number of aromatic nitrogens is 2. The monoisotopic (exact) mass is 662 g/mol. The van der Waals surface area contributed by atoms with Crippen LogP contribution in [0.2, 0.25) is 0 Å². The minimum Gasteiger partial charge on any atom is -0.475 e.